The van der Waals surface area contributed by atoms with Gasteiger partial charge >= 0.3 is 0 Å². The zero-order valence-corrected chi connectivity index (χ0v) is 12.2. The summed E-state index contributed by atoms with van der Waals surface area (Å²) >= 11 is 0. The predicted octanol–water partition coefficient (Wildman–Crippen LogP) is 3.65. The second-order valence-corrected chi connectivity index (χ2v) is 4.17. The molecule has 0 saturated carbocycles. The summed E-state index contributed by atoms with van der Waals surface area (Å²) in [6, 6.07) is 0.381. The Bertz CT molecular complexity index is 136. The minimum Gasteiger partial charge on any atom is -0.307 e. The Morgan fingerprint density at radius 2 is 1.47 bits per heavy atom. The number of ketones is 1. The van der Waals surface area contributed by atoms with E-state index >= 15 is 0 Å². The van der Waals surface area contributed by atoms with Crippen molar-refractivity contribution in [3.63, 3.8) is 0 Å². The molecule has 94 valence electrons. The first-order valence-corrected chi connectivity index (χ1v) is 6.07. The van der Waals surface area contributed by atoms with Crippen LogP contribution in [-0.4, -0.2) is 18.4 Å². The van der Waals surface area contributed by atoms with Crippen molar-refractivity contribution in [1.82, 2.24) is 5.32 Å². The first kappa shape index (κ1) is 20.1. The fourth-order valence-electron chi connectivity index (χ4n) is 0.603. The van der Waals surface area contributed by atoms with Gasteiger partial charge in [0.2, 0.25) is 0 Å². The van der Waals surface area contributed by atoms with Gasteiger partial charge in [-0.05, 0) is 19.3 Å². The lowest BCUT2D eigenvalue weighted by molar-refractivity contribution is -0.116. The third-order valence-corrected chi connectivity index (χ3v) is 1.96. The maximum absolute atomic E-state index is 10.6. The third-order valence-electron chi connectivity index (χ3n) is 1.96. The van der Waals surface area contributed by atoms with Crippen molar-refractivity contribution in [2.24, 2.45) is 5.41 Å². The van der Waals surface area contributed by atoms with Crippen molar-refractivity contribution in [2.45, 2.75) is 68.4 Å². The Hall–Kier alpha value is -0.370. The summed E-state index contributed by atoms with van der Waals surface area (Å²) in [5.74, 6) is 0.195. The highest BCUT2D eigenvalue weighted by Crippen LogP contribution is 2.17. The summed E-state index contributed by atoms with van der Waals surface area (Å²) in [4.78, 5) is 10.6. The number of nitrogens with one attached hydrogen (secondary N) is 1. The fraction of sp³-hybridized carbons (Fsp3) is 0.923. The second-order valence-electron chi connectivity index (χ2n) is 4.17. The quantitative estimate of drug-likeness (QED) is 0.782. The second kappa shape index (κ2) is 11.7. The van der Waals surface area contributed by atoms with Crippen LogP contribution in [0.5, 0.6) is 0 Å². The highest BCUT2D eigenvalue weighted by atomic mass is 16.1. The van der Waals surface area contributed by atoms with Gasteiger partial charge < -0.3 is 5.32 Å². The largest absolute Gasteiger partial charge is 0.307 e. The maximum Gasteiger partial charge on any atom is 0.143 e. The van der Waals surface area contributed by atoms with E-state index in [0.717, 1.165) is 0 Å². The molecule has 1 unspecified atom stereocenters. The van der Waals surface area contributed by atoms with E-state index in [-0.39, 0.29) is 11.2 Å². The molecule has 1 atom stereocenters. The van der Waals surface area contributed by atoms with Crippen LogP contribution < -0.4 is 5.32 Å². The molecule has 0 aliphatic rings. The molecule has 0 aliphatic carbocycles. The normalized spacial score (nSPS) is 11.5. The average molecular weight is 217 g/mol. The first-order chi connectivity index (χ1) is 6.84. The molecule has 0 radical (unpaired) electrons. The molecule has 0 spiro atoms. The van der Waals surface area contributed by atoms with E-state index in [9.17, 15) is 4.79 Å². The Balaban J connectivity index is -0.000000318. The zero-order valence-electron chi connectivity index (χ0n) is 12.2. The van der Waals surface area contributed by atoms with Crippen LogP contribution >= 0.6 is 0 Å². The molecule has 15 heavy (non-hydrogen) atoms. The van der Waals surface area contributed by atoms with E-state index in [4.69, 9.17) is 0 Å². The molecule has 0 fully saturated rings. The van der Waals surface area contributed by atoms with E-state index in [2.05, 4.69) is 33.0 Å². The third kappa shape index (κ3) is 16.3. The number of carbonyl (C=O) groups excluding carboxylic acids is 1. The molecular formula is C13H31NO. The van der Waals surface area contributed by atoms with E-state index in [1.807, 2.05) is 27.7 Å². The molecule has 0 saturated heterocycles. The van der Waals surface area contributed by atoms with Crippen LogP contribution in [0.2, 0.25) is 0 Å². The summed E-state index contributed by atoms with van der Waals surface area (Å²) < 4.78 is 0. The monoisotopic (exact) mass is 217 g/mol. The lowest BCUT2D eigenvalue weighted by Gasteiger charge is -2.27. The SMILES string of the molecule is CC.CC.CC(=O)CNC(C)C(C)(C)C. The summed E-state index contributed by atoms with van der Waals surface area (Å²) in [5, 5.41) is 3.17. The fourth-order valence-corrected chi connectivity index (χ4v) is 0.603. The van der Waals surface area contributed by atoms with Gasteiger partial charge in [-0.15, -0.1) is 0 Å². The number of hydrogen-bond acceptors (Lipinski definition) is 2. The van der Waals surface area contributed by atoms with E-state index < -0.39 is 0 Å². The van der Waals surface area contributed by atoms with Gasteiger partial charge in [0, 0.05) is 6.04 Å². The van der Waals surface area contributed by atoms with E-state index in [1.54, 1.807) is 6.92 Å². The number of hydrogen-bond donors (Lipinski definition) is 1. The Morgan fingerprint density at radius 1 is 1.13 bits per heavy atom. The lowest BCUT2D eigenvalue weighted by Crippen LogP contribution is -2.39. The molecule has 0 aliphatic heterocycles. The lowest BCUT2D eigenvalue weighted by atomic mass is 9.88. The molecule has 1 N–H and O–H groups in total. The summed E-state index contributed by atoms with van der Waals surface area (Å²) in [7, 11) is 0. The van der Waals surface area contributed by atoms with Crippen LogP contribution in [0.1, 0.15) is 62.3 Å². The van der Waals surface area contributed by atoms with Crippen molar-refractivity contribution in [2.75, 3.05) is 6.54 Å². The van der Waals surface area contributed by atoms with Crippen molar-refractivity contribution < 1.29 is 4.79 Å². The first-order valence-electron chi connectivity index (χ1n) is 6.07. The summed E-state index contributed by atoms with van der Waals surface area (Å²) in [6.07, 6.45) is 0. The van der Waals surface area contributed by atoms with Gasteiger partial charge in [0.15, 0.2) is 0 Å². The van der Waals surface area contributed by atoms with Gasteiger partial charge in [0.25, 0.3) is 0 Å². The van der Waals surface area contributed by atoms with Crippen molar-refractivity contribution in [3.8, 4) is 0 Å². The van der Waals surface area contributed by atoms with Gasteiger partial charge in [0.05, 0.1) is 6.54 Å². The number of Topliss-reactive ketones (excluding diaryl/α,β-unsaturated/α-hetero) is 1. The predicted molar refractivity (Wildman–Crippen MR) is 70.3 cm³/mol. The van der Waals surface area contributed by atoms with Crippen molar-refractivity contribution in [1.29, 1.82) is 0 Å². The highest BCUT2D eigenvalue weighted by molar-refractivity contribution is 5.77. The maximum atomic E-state index is 10.6. The summed E-state index contributed by atoms with van der Waals surface area (Å²) in [5.41, 5.74) is 0.232. The van der Waals surface area contributed by atoms with Gasteiger partial charge in [-0.2, -0.15) is 0 Å². The Kier molecular flexibility index (Phi) is 15.7. The van der Waals surface area contributed by atoms with Gasteiger partial charge in [-0.25, -0.2) is 0 Å². The molecule has 0 heterocycles. The van der Waals surface area contributed by atoms with Crippen LogP contribution in [0.3, 0.4) is 0 Å². The molecule has 2 nitrogen and oxygen atoms in total. The topological polar surface area (TPSA) is 29.1 Å². The van der Waals surface area contributed by atoms with Crippen molar-refractivity contribution in [3.05, 3.63) is 0 Å². The molecule has 0 amide bonds. The number of rotatable bonds is 3. The highest BCUT2D eigenvalue weighted by Gasteiger charge is 2.19. The molecule has 0 aromatic rings. The van der Waals surface area contributed by atoms with E-state index in [1.165, 1.54) is 0 Å². The average Bonchev–Trinajstić information content (AvgIpc) is 2.19. The standard InChI is InChI=1S/C9H19NO.2C2H6/c1-7(11)6-10-8(2)9(3,4)5;2*1-2/h8,10H,6H2,1-5H3;2*1-2H3. The minimum absolute atomic E-state index is 0.195. The van der Waals surface area contributed by atoms with Gasteiger partial charge in [-0.1, -0.05) is 48.5 Å². The minimum atomic E-state index is 0.195. The summed E-state index contributed by atoms with van der Waals surface area (Å²) in [6.45, 7) is 18.7. The molecule has 0 aromatic heterocycles. The molecule has 0 bridgehead atoms. The van der Waals surface area contributed by atoms with Crippen LogP contribution in [0.15, 0.2) is 0 Å². The smallest absolute Gasteiger partial charge is 0.143 e. The van der Waals surface area contributed by atoms with Crippen LogP contribution in [0.4, 0.5) is 0 Å². The van der Waals surface area contributed by atoms with Crippen molar-refractivity contribution >= 4 is 5.78 Å². The van der Waals surface area contributed by atoms with Crippen LogP contribution in [0.25, 0.3) is 0 Å². The zero-order chi connectivity index (χ0) is 13.1. The van der Waals surface area contributed by atoms with E-state index in [0.29, 0.717) is 12.6 Å². The Morgan fingerprint density at radius 3 is 1.67 bits per heavy atom. The Labute approximate surface area is 96.8 Å². The van der Waals surface area contributed by atoms with Gasteiger partial charge in [-0.3, -0.25) is 4.79 Å². The van der Waals surface area contributed by atoms with Crippen LogP contribution in [-0.2, 0) is 4.79 Å². The molecular weight excluding hydrogens is 186 g/mol. The van der Waals surface area contributed by atoms with Crippen LogP contribution in [0, 0.1) is 5.41 Å². The molecule has 0 rings (SSSR count). The number of carbonyl (C=O) groups is 1. The molecule has 2 heteroatoms. The van der Waals surface area contributed by atoms with Gasteiger partial charge in [0.1, 0.15) is 5.78 Å². The molecule has 0 aromatic carbocycles.